The molecule has 1 rings (SSSR count). The predicted molar refractivity (Wildman–Crippen MR) is 58.8 cm³/mol. The molecule has 0 fully saturated rings. The molecule has 92 valence electrons. The molecule has 0 N–H and O–H groups in total. The monoisotopic (exact) mass is 242 g/mol. The van der Waals surface area contributed by atoms with Gasteiger partial charge in [0.15, 0.2) is 11.5 Å². The van der Waals surface area contributed by atoms with Crippen LogP contribution in [0, 0.1) is 0 Å². The van der Waals surface area contributed by atoms with Gasteiger partial charge in [-0.3, -0.25) is 4.79 Å². The molecule has 0 bridgehead atoms. The smallest absolute Gasteiger partial charge is 0.387 e. The predicted octanol–water partition coefficient (Wildman–Crippen LogP) is 3.06. The topological polar surface area (TPSA) is 35.5 Å². The first-order valence-electron chi connectivity index (χ1n) is 4.95. The average Bonchev–Trinajstić information content (AvgIpc) is 2.30. The number of allylic oxidation sites excluding steroid dienone is 1. The molecule has 0 atom stereocenters. The lowest BCUT2D eigenvalue weighted by molar-refractivity contribution is -0.0513. The summed E-state index contributed by atoms with van der Waals surface area (Å²) in [6.07, 6.45) is 4.08. The second-order valence-corrected chi connectivity index (χ2v) is 3.08. The second-order valence-electron chi connectivity index (χ2n) is 3.08. The molecule has 17 heavy (non-hydrogen) atoms. The number of rotatable bonds is 6. The fourth-order valence-electron chi connectivity index (χ4n) is 1.14. The van der Waals surface area contributed by atoms with E-state index in [9.17, 15) is 13.6 Å². The minimum Gasteiger partial charge on any atom is -0.486 e. The van der Waals surface area contributed by atoms with Crippen molar-refractivity contribution in [2.45, 2.75) is 13.5 Å². The Morgan fingerprint density at radius 1 is 1.35 bits per heavy atom. The van der Waals surface area contributed by atoms with E-state index in [-0.39, 0.29) is 18.1 Å². The number of hydrogen-bond donors (Lipinski definition) is 0. The summed E-state index contributed by atoms with van der Waals surface area (Å²) in [5, 5.41) is 0. The molecule has 0 aliphatic carbocycles. The number of halogens is 2. The van der Waals surface area contributed by atoms with Crippen LogP contribution < -0.4 is 9.47 Å². The van der Waals surface area contributed by atoms with Crippen molar-refractivity contribution in [3.63, 3.8) is 0 Å². The Balaban J connectivity index is 2.89. The molecule has 0 saturated carbocycles. The highest BCUT2D eigenvalue weighted by molar-refractivity contribution is 5.76. The van der Waals surface area contributed by atoms with Crippen molar-refractivity contribution in [2.24, 2.45) is 0 Å². The first kappa shape index (κ1) is 13.2. The molecule has 0 spiro atoms. The van der Waals surface area contributed by atoms with Gasteiger partial charge in [-0.2, -0.15) is 8.78 Å². The van der Waals surface area contributed by atoms with Crippen molar-refractivity contribution < 1.29 is 23.0 Å². The van der Waals surface area contributed by atoms with E-state index >= 15 is 0 Å². The Labute approximate surface area is 97.7 Å². The van der Waals surface area contributed by atoms with Gasteiger partial charge in [0.2, 0.25) is 0 Å². The third-order valence-corrected chi connectivity index (χ3v) is 1.89. The van der Waals surface area contributed by atoms with E-state index in [4.69, 9.17) is 4.74 Å². The normalized spacial score (nSPS) is 10.8. The molecule has 0 unspecified atom stereocenters. The van der Waals surface area contributed by atoms with E-state index in [1.807, 2.05) is 6.92 Å². The summed E-state index contributed by atoms with van der Waals surface area (Å²) in [5.41, 5.74) is 0.335. The van der Waals surface area contributed by atoms with Crippen LogP contribution in [0.3, 0.4) is 0 Å². The van der Waals surface area contributed by atoms with Gasteiger partial charge in [0.1, 0.15) is 12.9 Å². The lowest BCUT2D eigenvalue weighted by atomic mass is 10.2. The largest absolute Gasteiger partial charge is 0.486 e. The quantitative estimate of drug-likeness (QED) is 0.568. The summed E-state index contributed by atoms with van der Waals surface area (Å²) in [5.74, 6) is 0.0307. The highest BCUT2D eigenvalue weighted by Crippen LogP contribution is 2.29. The third-order valence-electron chi connectivity index (χ3n) is 1.89. The first-order chi connectivity index (χ1) is 8.17. The van der Waals surface area contributed by atoms with Gasteiger partial charge >= 0.3 is 6.61 Å². The Hall–Kier alpha value is -1.91. The third kappa shape index (κ3) is 4.22. The lowest BCUT2D eigenvalue weighted by Crippen LogP contribution is -2.05. The zero-order valence-electron chi connectivity index (χ0n) is 9.23. The van der Waals surface area contributed by atoms with Crippen LogP contribution in [-0.4, -0.2) is 19.5 Å². The highest BCUT2D eigenvalue weighted by Gasteiger charge is 2.11. The van der Waals surface area contributed by atoms with Crippen LogP contribution >= 0.6 is 0 Å². The van der Waals surface area contributed by atoms with E-state index in [2.05, 4.69) is 4.74 Å². The zero-order valence-corrected chi connectivity index (χ0v) is 9.23. The number of carbonyl (C=O) groups is 1. The standard InChI is InChI=1S/C12H12F2O3/c1-2-3-6-16-11-7-9(8-15)4-5-10(11)17-12(13)14/h2-5,7-8,12H,6H2,1H3/b3-2+. The van der Waals surface area contributed by atoms with Gasteiger partial charge in [-0.15, -0.1) is 0 Å². The van der Waals surface area contributed by atoms with Crippen molar-refractivity contribution in [1.29, 1.82) is 0 Å². The van der Waals surface area contributed by atoms with E-state index in [1.54, 1.807) is 12.2 Å². The lowest BCUT2D eigenvalue weighted by Gasteiger charge is -2.11. The van der Waals surface area contributed by atoms with Crippen molar-refractivity contribution in [2.75, 3.05) is 6.61 Å². The molecule has 0 heterocycles. The molecule has 0 amide bonds. The van der Waals surface area contributed by atoms with Crippen LogP contribution in [-0.2, 0) is 0 Å². The Bertz CT molecular complexity index is 403. The van der Waals surface area contributed by atoms with Gasteiger partial charge in [-0.05, 0) is 25.1 Å². The molecule has 0 aliphatic heterocycles. The fourth-order valence-corrected chi connectivity index (χ4v) is 1.14. The summed E-state index contributed by atoms with van der Waals surface area (Å²) in [7, 11) is 0. The van der Waals surface area contributed by atoms with Crippen LogP contribution in [0.2, 0.25) is 0 Å². The molecule has 5 heteroatoms. The minimum atomic E-state index is -2.93. The van der Waals surface area contributed by atoms with Crippen LogP contribution in [0.15, 0.2) is 30.4 Å². The summed E-state index contributed by atoms with van der Waals surface area (Å²) in [4.78, 5) is 10.6. The van der Waals surface area contributed by atoms with Gasteiger partial charge < -0.3 is 9.47 Å². The maximum Gasteiger partial charge on any atom is 0.387 e. The van der Waals surface area contributed by atoms with Gasteiger partial charge in [0, 0.05) is 5.56 Å². The number of alkyl halides is 2. The number of aldehydes is 1. The Kier molecular flexibility index (Phi) is 5.13. The molecule has 1 aromatic rings. The van der Waals surface area contributed by atoms with Crippen LogP contribution in [0.1, 0.15) is 17.3 Å². The molecule has 0 aromatic heterocycles. The van der Waals surface area contributed by atoms with Gasteiger partial charge in [-0.25, -0.2) is 0 Å². The maximum absolute atomic E-state index is 12.1. The van der Waals surface area contributed by atoms with Crippen LogP contribution in [0.4, 0.5) is 8.78 Å². The van der Waals surface area contributed by atoms with E-state index in [1.165, 1.54) is 18.2 Å². The van der Waals surface area contributed by atoms with Gasteiger partial charge in [-0.1, -0.05) is 12.2 Å². The second kappa shape index (κ2) is 6.62. The van der Waals surface area contributed by atoms with Crippen LogP contribution in [0.25, 0.3) is 0 Å². The molecule has 0 aliphatic rings. The SMILES string of the molecule is C/C=C/COc1cc(C=O)ccc1OC(F)F. The summed E-state index contributed by atoms with van der Waals surface area (Å²) >= 11 is 0. The number of carbonyl (C=O) groups excluding carboxylic acids is 1. The van der Waals surface area contributed by atoms with Crippen molar-refractivity contribution in [3.05, 3.63) is 35.9 Å². The first-order valence-corrected chi connectivity index (χ1v) is 4.95. The summed E-state index contributed by atoms with van der Waals surface area (Å²) < 4.78 is 33.7. The van der Waals surface area contributed by atoms with E-state index < -0.39 is 6.61 Å². The summed E-state index contributed by atoms with van der Waals surface area (Å²) in [6, 6.07) is 4.02. The molecule has 0 saturated heterocycles. The van der Waals surface area contributed by atoms with Crippen molar-refractivity contribution >= 4 is 6.29 Å². The molecular formula is C12H12F2O3. The van der Waals surface area contributed by atoms with Gasteiger partial charge in [0.25, 0.3) is 0 Å². The average molecular weight is 242 g/mol. The van der Waals surface area contributed by atoms with E-state index in [0.717, 1.165) is 0 Å². The molecule has 3 nitrogen and oxygen atoms in total. The fraction of sp³-hybridized carbons (Fsp3) is 0.250. The van der Waals surface area contributed by atoms with Crippen LogP contribution in [0.5, 0.6) is 11.5 Å². The Morgan fingerprint density at radius 2 is 2.12 bits per heavy atom. The number of hydrogen-bond acceptors (Lipinski definition) is 3. The summed E-state index contributed by atoms with van der Waals surface area (Å²) in [6.45, 7) is -0.902. The number of ether oxygens (including phenoxy) is 2. The zero-order chi connectivity index (χ0) is 12.7. The molecular weight excluding hydrogens is 230 g/mol. The Morgan fingerprint density at radius 3 is 2.71 bits per heavy atom. The molecule has 0 radical (unpaired) electrons. The van der Waals surface area contributed by atoms with E-state index in [0.29, 0.717) is 11.8 Å². The number of benzene rings is 1. The highest BCUT2D eigenvalue weighted by atomic mass is 19.3. The minimum absolute atomic E-state index is 0.0879. The van der Waals surface area contributed by atoms with Gasteiger partial charge in [0.05, 0.1) is 0 Å². The van der Waals surface area contributed by atoms with Crippen molar-refractivity contribution in [3.8, 4) is 11.5 Å². The van der Waals surface area contributed by atoms with Crippen molar-refractivity contribution in [1.82, 2.24) is 0 Å². The maximum atomic E-state index is 12.1. The molecule has 1 aromatic carbocycles.